The quantitative estimate of drug-likeness (QED) is 0.646. The van der Waals surface area contributed by atoms with Crippen LogP contribution in [0, 0.1) is 0 Å². The molecule has 1 rings (SSSR count). The van der Waals surface area contributed by atoms with Crippen LogP contribution in [0.5, 0.6) is 0 Å². The molecule has 1 aromatic carbocycles. The van der Waals surface area contributed by atoms with E-state index >= 15 is 0 Å². The first-order valence-electron chi connectivity index (χ1n) is 3.17. The summed E-state index contributed by atoms with van der Waals surface area (Å²) in [4.78, 5) is 1.93. The lowest BCUT2D eigenvalue weighted by atomic mass is 10.1. The largest absolute Gasteiger partial charge is 0.0622 e. The molecule has 0 aliphatic carbocycles. The average molecular weight is 197 g/mol. The summed E-state index contributed by atoms with van der Waals surface area (Å²) in [7, 11) is 0. The number of benzene rings is 1. The van der Waals surface area contributed by atoms with Gasteiger partial charge in [0.15, 0.2) is 0 Å². The fourth-order valence-electron chi connectivity index (χ4n) is 0.764. The third-order valence-electron chi connectivity index (χ3n) is 1.39. The lowest BCUT2D eigenvalue weighted by Gasteiger charge is -1.96. The SMILES string of the molecule is C/C(=C\Br)c1ccccc1. The Kier molecular flexibility index (Phi) is 2.69. The second-order valence-electron chi connectivity index (χ2n) is 2.16. The van der Waals surface area contributed by atoms with Gasteiger partial charge in [-0.05, 0) is 23.0 Å². The van der Waals surface area contributed by atoms with Crippen molar-refractivity contribution >= 4 is 21.5 Å². The molecule has 10 heavy (non-hydrogen) atoms. The van der Waals surface area contributed by atoms with E-state index in [9.17, 15) is 0 Å². The molecule has 0 aliphatic heterocycles. The van der Waals surface area contributed by atoms with Crippen LogP contribution in [0.25, 0.3) is 5.57 Å². The van der Waals surface area contributed by atoms with Gasteiger partial charge in [-0.25, -0.2) is 0 Å². The van der Waals surface area contributed by atoms with Crippen molar-refractivity contribution in [2.45, 2.75) is 6.92 Å². The van der Waals surface area contributed by atoms with E-state index in [1.54, 1.807) is 0 Å². The van der Waals surface area contributed by atoms with E-state index < -0.39 is 0 Å². The zero-order valence-corrected chi connectivity index (χ0v) is 7.43. The Morgan fingerprint density at radius 2 is 1.90 bits per heavy atom. The molecule has 0 heterocycles. The highest BCUT2D eigenvalue weighted by Crippen LogP contribution is 2.13. The molecule has 0 bridgehead atoms. The standard InChI is InChI=1S/C9H9Br/c1-8(7-10)9-5-3-2-4-6-9/h2-7H,1H3/b8-7+. The summed E-state index contributed by atoms with van der Waals surface area (Å²) in [6, 6.07) is 10.3. The van der Waals surface area contributed by atoms with Crippen molar-refractivity contribution in [1.29, 1.82) is 0 Å². The predicted molar refractivity (Wildman–Crippen MR) is 49.0 cm³/mol. The maximum absolute atomic E-state index is 3.29. The van der Waals surface area contributed by atoms with Crippen LogP contribution in [0.2, 0.25) is 0 Å². The van der Waals surface area contributed by atoms with Gasteiger partial charge in [0.25, 0.3) is 0 Å². The summed E-state index contributed by atoms with van der Waals surface area (Å²) in [6.07, 6.45) is 0. The summed E-state index contributed by atoms with van der Waals surface area (Å²) in [5, 5.41) is 0. The Labute approximate surface area is 69.7 Å². The number of rotatable bonds is 1. The molecule has 0 saturated heterocycles. The summed E-state index contributed by atoms with van der Waals surface area (Å²) in [5.41, 5.74) is 2.51. The van der Waals surface area contributed by atoms with Gasteiger partial charge >= 0.3 is 0 Å². The topological polar surface area (TPSA) is 0 Å². The molecule has 0 N–H and O–H groups in total. The van der Waals surface area contributed by atoms with Gasteiger partial charge in [0, 0.05) is 0 Å². The summed E-state index contributed by atoms with van der Waals surface area (Å²) in [5.74, 6) is 0. The van der Waals surface area contributed by atoms with E-state index in [0.29, 0.717) is 0 Å². The molecule has 0 unspecified atom stereocenters. The van der Waals surface area contributed by atoms with Crippen molar-refractivity contribution in [3.05, 3.63) is 40.9 Å². The molecule has 52 valence electrons. The minimum Gasteiger partial charge on any atom is -0.0622 e. The molecule has 0 aromatic heterocycles. The molecular formula is C9H9Br. The smallest absolute Gasteiger partial charge is 0.0154 e. The van der Waals surface area contributed by atoms with E-state index in [-0.39, 0.29) is 0 Å². The Morgan fingerprint density at radius 1 is 1.30 bits per heavy atom. The zero-order valence-electron chi connectivity index (χ0n) is 5.84. The van der Waals surface area contributed by atoms with Crippen LogP contribution in [-0.4, -0.2) is 0 Å². The Morgan fingerprint density at radius 3 is 2.40 bits per heavy atom. The van der Waals surface area contributed by atoms with E-state index in [1.165, 1.54) is 11.1 Å². The predicted octanol–water partition coefficient (Wildman–Crippen LogP) is 3.44. The van der Waals surface area contributed by atoms with Crippen LogP contribution in [0.4, 0.5) is 0 Å². The van der Waals surface area contributed by atoms with Gasteiger partial charge in [-0.1, -0.05) is 46.3 Å². The Hall–Kier alpha value is -0.560. The Balaban J connectivity index is 2.96. The number of allylic oxidation sites excluding steroid dienone is 1. The molecule has 0 saturated carbocycles. The molecule has 1 aromatic rings. The van der Waals surface area contributed by atoms with Crippen molar-refractivity contribution in [3.63, 3.8) is 0 Å². The van der Waals surface area contributed by atoms with Crippen LogP contribution in [0.1, 0.15) is 12.5 Å². The van der Waals surface area contributed by atoms with Gasteiger partial charge in [-0.15, -0.1) is 0 Å². The van der Waals surface area contributed by atoms with Gasteiger partial charge in [0.1, 0.15) is 0 Å². The van der Waals surface area contributed by atoms with E-state index in [0.717, 1.165) is 0 Å². The third-order valence-corrected chi connectivity index (χ3v) is 2.08. The molecule has 0 fully saturated rings. The molecule has 0 spiro atoms. The summed E-state index contributed by atoms with van der Waals surface area (Å²) in [6.45, 7) is 2.07. The summed E-state index contributed by atoms with van der Waals surface area (Å²) < 4.78 is 0. The molecule has 0 atom stereocenters. The monoisotopic (exact) mass is 196 g/mol. The fraction of sp³-hybridized carbons (Fsp3) is 0.111. The second kappa shape index (κ2) is 3.57. The van der Waals surface area contributed by atoms with Gasteiger partial charge < -0.3 is 0 Å². The number of hydrogen-bond donors (Lipinski definition) is 0. The van der Waals surface area contributed by atoms with Crippen molar-refractivity contribution < 1.29 is 0 Å². The highest BCUT2D eigenvalue weighted by atomic mass is 79.9. The third kappa shape index (κ3) is 1.71. The molecular weight excluding hydrogens is 188 g/mol. The van der Waals surface area contributed by atoms with E-state index in [1.807, 2.05) is 23.2 Å². The van der Waals surface area contributed by atoms with Crippen molar-refractivity contribution in [1.82, 2.24) is 0 Å². The second-order valence-corrected chi connectivity index (χ2v) is 2.62. The van der Waals surface area contributed by atoms with Crippen molar-refractivity contribution in [2.24, 2.45) is 0 Å². The lowest BCUT2D eigenvalue weighted by Crippen LogP contribution is -1.74. The minimum absolute atomic E-state index is 1.25. The van der Waals surface area contributed by atoms with Gasteiger partial charge in [-0.2, -0.15) is 0 Å². The van der Waals surface area contributed by atoms with Crippen LogP contribution in [-0.2, 0) is 0 Å². The van der Waals surface area contributed by atoms with Crippen molar-refractivity contribution in [2.75, 3.05) is 0 Å². The Bertz CT molecular complexity index is 224. The maximum Gasteiger partial charge on any atom is -0.0154 e. The van der Waals surface area contributed by atoms with Crippen LogP contribution in [0.15, 0.2) is 35.3 Å². The van der Waals surface area contributed by atoms with Crippen LogP contribution in [0.3, 0.4) is 0 Å². The normalized spacial score (nSPS) is 11.6. The molecule has 1 heteroatoms. The van der Waals surface area contributed by atoms with Gasteiger partial charge in [-0.3, -0.25) is 0 Å². The highest BCUT2D eigenvalue weighted by molar-refractivity contribution is 9.11. The van der Waals surface area contributed by atoms with Crippen LogP contribution >= 0.6 is 15.9 Å². The highest BCUT2D eigenvalue weighted by Gasteiger charge is 1.89. The molecule has 0 aliphatic rings. The molecule has 0 radical (unpaired) electrons. The van der Waals surface area contributed by atoms with E-state index in [2.05, 4.69) is 35.0 Å². The summed E-state index contributed by atoms with van der Waals surface area (Å²) >= 11 is 3.29. The first kappa shape index (κ1) is 7.55. The lowest BCUT2D eigenvalue weighted by molar-refractivity contribution is 1.58. The zero-order chi connectivity index (χ0) is 7.40. The first-order valence-corrected chi connectivity index (χ1v) is 4.08. The maximum atomic E-state index is 3.29. The van der Waals surface area contributed by atoms with Crippen LogP contribution < -0.4 is 0 Å². The molecule has 0 amide bonds. The van der Waals surface area contributed by atoms with Crippen molar-refractivity contribution in [3.8, 4) is 0 Å². The van der Waals surface area contributed by atoms with Gasteiger partial charge in [0.2, 0.25) is 0 Å². The first-order chi connectivity index (χ1) is 4.84. The fourth-order valence-corrected chi connectivity index (χ4v) is 1.03. The molecule has 0 nitrogen and oxygen atoms in total. The average Bonchev–Trinajstić information content (AvgIpc) is 2.05. The van der Waals surface area contributed by atoms with E-state index in [4.69, 9.17) is 0 Å². The number of halogens is 1. The minimum atomic E-state index is 1.25. The number of hydrogen-bond acceptors (Lipinski definition) is 0. The van der Waals surface area contributed by atoms with Gasteiger partial charge in [0.05, 0.1) is 0 Å².